The monoisotopic (exact) mass is 451 g/mol. The van der Waals surface area contributed by atoms with Crippen LogP contribution < -0.4 is 0 Å². The van der Waals surface area contributed by atoms with E-state index in [1.165, 1.54) is 22.5 Å². The number of ether oxygens (including phenoxy) is 1. The molecular formula is C20H26FN5O4S. The highest BCUT2D eigenvalue weighted by Gasteiger charge is 2.33. The first-order valence-corrected chi connectivity index (χ1v) is 11.9. The first kappa shape index (κ1) is 21.8. The highest BCUT2D eigenvalue weighted by molar-refractivity contribution is 7.89. The largest absolute Gasteiger partial charge is 0.378 e. The van der Waals surface area contributed by atoms with E-state index in [2.05, 4.69) is 10.3 Å². The number of nitrogens with zero attached hydrogens (tertiary/aromatic N) is 5. The third kappa shape index (κ3) is 4.94. The average molecular weight is 452 g/mol. The summed E-state index contributed by atoms with van der Waals surface area (Å²) in [6, 6.07) is 4.90. The van der Waals surface area contributed by atoms with Crippen molar-refractivity contribution in [1.82, 2.24) is 24.2 Å². The van der Waals surface area contributed by atoms with Crippen LogP contribution in [0.25, 0.3) is 0 Å². The molecule has 2 saturated heterocycles. The lowest BCUT2D eigenvalue weighted by Crippen LogP contribution is -2.44. The number of halogens is 1. The second-order valence-electron chi connectivity index (χ2n) is 7.78. The molecule has 1 atom stereocenters. The summed E-state index contributed by atoms with van der Waals surface area (Å²) in [6.07, 6.45) is 4.56. The molecule has 0 N–H and O–H groups in total. The highest BCUT2D eigenvalue weighted by Crippen LogP contribution is 2.27. The number of hydrogen-bond donors (Lipinski definition) is 0. The fourth-order valence-corrected chi connectivity index (χ4v) is 5.81. The Labute approximate surface area is 180 Å². The molecule has 31 heavy (non-hydrogen) atoms. The van der Waals surface area contributed by atoms with Crippen molar-refractivity contribution in [1.29, 1.82) is 0 Å². The van der Waals surface area contributed by atoms with E-state index in [-0.39, 0.29) is 22.5 Å². The molecule has 1 aromatic carbocycles. The lowest BCUT2D eigenvalue weighted by molar-refractivity contribution is 0.0299. The van der Waals surface area contributed by atoms with E-state index in [0.717, 1.165) is 25.3 Å². The summed E-state index contributed by atoms with van der Waals surface area (Å²) < 4.78 is 48.1. The molecule has 11 heteroatoms. The van der Waals surface area contributed by atoms with Crippen molar-refractivity contribution in [2.24, 2.45) is 0 Å². The molecule has 9 nitrogen and oxygen atoms in total. The van der Waals surface area contributed by atoms with Gasteiger partial charge in [0.25, 0.3) is 5.91 Å². The van der Waals surface area contributed by atoms with Gasteiger partial charge in [-0.2, -0.15) is 4.31 Å². The van der Waals surface area contributed by atoms with Crippen molar-refractivity contribution in [2.45, 2.75) is 43.2 Å². The Morgan fingerprint density at radius 2 is 2.00 bits per heavy atom. The molecule has 0 aliphatic carbocycles. The number of rotatable bonds is 6. The lowest BCUT2D eigenvalue weighted by Gasteiger charge is -2.34. The molecule has 0 radical (unpaired) electrons. The van der Waals surface area contributed by atoms with Gasteiger partial charge < -0.3 is 9.64 Å². The molecule has 2 aliphatic rings. The smallest absolute Gasteiger partial charge is 0.276 e. The van der Waals surface area contributed by atoms with Gasteiger partial charge >= 0.3 is 0 Å². The Morgan fingerprint density at radius 1 is 1.19 bits per heavy atom. The molecule has 1 aromatic heterocycles. The van der Waals surface area contributed by atoms with Crippen LogP contribution in [-0.4, -0.2) is 77.4 Å². The molecule has 0 spiro atoms. The summed E-state index contributed by atoms with van der Waals surface area (Å²) in [6.45, 7) is 2.92. The summed E-state index contributed by atoms with van der Waals surface area (Å²) >= 11 is 0. The number of amides is 1. The minimum Gasteiger partial charge on any atom is -0.378 e. The van der Waals surface area contributed by atoms with Gasteiger partial charge in [0.05, 0.1) is 24.3 Å². The summed E-state index contributed by atoms with van der Waals surface area (Å²) in [5, 5.41) is 8.03. The third-order valence-electron chi connectivity index (χ3n) is 5.72. The number of carbonyl (C=O) groups excluding carboxylic acids is 1. The summed E-state index contributed by atoms with van der Waals surface area (Å²) in [5.74, 6) is -0.753. The van der Waals surface area contributed by atoms with Gasteiger partial charge in [0.1, 0.15) is 5.82 Å². The molecule has 0 saturated carbocycles. The number of aryl methyl sites for hydroxylation is 1. The molecule has 0 bridgehead atoms. The number of morpholine rings is 1. The van der Waals surface area contributed by atoms with Crippen LogP contribution in [0.15, 0.2) is 35.4 Å². The second kappa shape index (κ2) is 9.41. The number of sulfonamides is 1. The van der Waals surface area contributed by atoms with Gasteiger partial charge in [-0.05, 0) is 37.5 Å². The van der Waals surface area contributed by atoms with Gasteiger partial charge in [0.15, 0.2) is 5.69 Å². The molecule has 4 rings (SSSR count). The lowest BCUT2D eigenvalue weighted by atomic mass is 10.0. The zero-order valence-electron chi connectivity index (χ0n) is 17.2. The Balaban J connectivity index is 1.42. The molecule has 3 heterocycles. The summed E-state index contributed by atoms with van der Waals surface area (Å²) in [4.78, 5) is 14.2. The van der Waals surface area contributed by atoms with E-state index in [1.807, 2.05) is 0 Å². The first-order chi connectivity index (χ1) is 14.9. The normalized spacial score (nSPS) is 20.7. The topological polar surface area (TPSA) is 97.6 Å². The van der Waals surface area contributed by atoms with Crippen LogP contribution in [0.1, 0.15) is 36.2 Å². The fraction of sp³-hybridized carbons (Fsp3) is 0.550. The van der Waals surface area contributed by atoms with Crippen molar-refractivity contribution in [3.05, 3.63) is 42.0 Å². The van der Waals surface area contributed by atoms with E-state index in [1.54, 1.807) is 15.8 Å². The van der Waals surface area contributed by atoms with E-state index in [4.69, 9.17) is 4.74 Å². The number of aromatic nitrogens is 3. The maximum Gasteiger partial charge on any atom is 0.276 e. The van der Waals surface area contributed by atoms with Gasteiger partial charge in [0.2, 0.25) is 10.0 Å². The zero-order valence-corrected chi connectivity index (χ0v) is 18.0. The molecule has 2 fully saturated rings. The number of piperidine rings is 1. The molecule has 1 amide bonds. The number of carbonyl (C=O) groups is 1. The summed E-state index contributed by atoms with van der Waals surface area (Å²) in [7, 11) is -3.79. The van der Waals surface area contributed by atoms with Crippen LogP contribution in [0.4, 0.5) is 4.39 Å². The van der Waals surface area contributed by atoms with Gasteiger partial charge in [-0.3, -0.25) is 9.48 Å². The van der Waals surface area contributed by atoms with Gasteiger partial charge in [0, 0.05) is 32.2 Å². The highest BCUT2D eigenvalue weighted by atomic mass is 32.2. The number of benzene rings is 1. The van der Waals surface area contributed by atoms with Crippen LogP contribution in [0.2, 0.25) is 0 Å². The molecule has 168 valence electrons. The van der Waals surface area contributed by atoms with Gasteiger partial charge in [-0.1, -0.05) is 17.7 Å². The SMILES string of the molecule is O=C(c1cn(CCC2CCCCN2S(=O)(=O)c2cccc(F)c2)nn1)N1CCOCC1. The van der Waals surface area contributed by atoms with Gasteiger partial charge in [-0.15, -0.1) is 5.10 Å². The van der Waals surface area contributed by atoms with Crippen molar-refractivity contribution in [3.8, 4) is 0 Å². The van der Waals surface area contributed by atoms with E-state index >= 15 is 0 Å². The summed E-state index contributed by atoms with van der Waals surface area (Å²) in [5.41, 5.74) is 0.273. The first-order valence-electron chi connectivity index (χ1n) is 10.5. The number of hydrogen-bond acceptors (Lipinski definition) is 6. The predicted molar refractivity (Wildman–Crippen MR) is 109 cm³/mol. The van der Waals surface area contributed by atoms with E-state index in [0.29, 0.717) is 45.8 Å². The zero-order chi connectivity index (χ0) is 21.8. The molecule has 1 unspecified atom stereocenters. The molecular weight excluding hydrogens is 425 g/mol. The maximum atomic E-state index is 13.6. The average Bonchev–Trinajstić information content (AvgIpc) is 3.27. The second-order valence-corrected chi connectivity index (χ2v) is 9.67. The quantitative estimate of drug-likeness (QED) is 0.661. The minimum atomic E-state index is -3.79. The van der Waals surface area contributed by atoms with Crippen molar-refractivity contribution < 1.29 is 22.3 Å². The van der Waals surface area contributed by atoms with E-state index in [9.17, 15) is 17.6 Å². The van der Waals surface area contributed by atoms with Crippen LogP contribution >= 0.6 is 0 Å². The fourth-order valence-electron chi connectivity index (χ4n) is 4.06. The van der Waals surface area contributed by atoms with Crippen molar-refractivity contribution in [3.63, 3.8) is 0 Å². The van der Waals surface area contributed by atoms with Crippen molar-refractivity contribution >= 4 is 15.9 Å². The van der Waals surface area contributed by atoms with Crippen LogP contribution in [0, 0.1) is 5.82 Å². The predicted octanol–water partition coefficient (Wildman–Crippen LogP) is 1.52. The molecule has 2 aromatic rings. The molecule has 2 aliphatic heterocycles. The Kier molecular flexibility index (Phi) is 6.63. The standard InChI is InChI=1S/C20H26FN5O4S/c21-16-4-3-6-18(14-16)31(28,29)26-8-2-1-5-17(26)7-9-25-15-19(22-23-25)20(27)24-10-12-30-13-11-24/h3-4,6,14-15,17H,1-2,5,7-13H2. The Hall–Kier alpha value is -2.37. The van der Waals surface area contributed by atoms with Crippen LogP contribution in [-0.2, 0) is 21.3 Å². The third-order valence-corrected chi connectivity index (χ3v) is 7.67. The minimum absolute atomic E-state index is 0.0291. The maximum absolute atomic E-state index is 13.6. The van der Waals surface area contributed by atoms with Crippen LogP contribution in [0.5, 0.6) is 0 Å². The Morgan fingerprint density at radius 3 is 2.77 bits per heavy atom. The Bertz CT molecular complexity index is 1020. The van der Waals surface area contributed by atoms with Crippen molar-refractivity contribution in [2.75, 3.05) is 32.8 Å². The van der Waals surface area contributed by atoms with Gasteiger partial charge in [-0.25, -0.2) is 12.8 Å². The van der Waals surface area contributed by atoms with Crippen LogP contribution in [0.3, 0.4) is 0 Å². The van der Waals surface area contributed by atoms with E-state index < -0.39 is 15.8 Å².